The first kappa shape index (κ1) is 33.4. The van der Waals surface area contributed by atoms with Crippen LogP contribution in [0.15, 0.2) is 125 Å². The van der Waals surface area contributed by atoms with Gasteiger partial charge in [-0.1, -0.05) is 66.7 Å². The summed E-state index contributed by atoms with van der Waals surface area (Å²) in [7, 11) is 0. The molecule has 0 fully saturated rings. The Labute approximate surface area is 312 Å². The highest BCUT2D eigenvalue weighted by Gasteiger charge is 2.34. The third-order valence-electron chi connectivity index (χ3n) is 9.81. The second kappa shape index (κ2) is 14.2. The molecule has 1 aliphatic heterocycles. The maximum atomic E-state index is 14.1. The molecule has 4 heterocycles. The molecule has 1 N–H and O–H groups in total. The molecule has 8 aromatic rings. The van der Waals surface area contributed by atoms with Gasteiger partial charge in [0.1, 0.15) is 34.4 Å². The summed E-state index contributed by atoms with van der Waals surface area (Å²) in [6.07, 6.45) is 2.12. The number of para-hydroxylation sites is 1. The molecule has 0 radical (unpaired) electrons. The van der Waals surface area contributed by atoms with Gasteiger partial charge >= 0.3 is 6.03 Å². The van der Waals surface area contributed by atoms with Crippen molar-refractivity contribution >= 4 is 51.3 Å². The van der Waals surface area contributed by atoms with Crippen molar-refractivity contribution in [1.29, 1.82) is 0 Å². The van der Waals surface area contributed by atoms with Crippen molar-refractivity contribution in [2.75, 3.05) is 6.54 Å². The molecule has 9 rings (SSSR count). The number of amides is 4. The molecule has 0 bridgehead atoms. The lowest BCUT2D eigenvalue weighted by Gasteiger charge is -2.34. The lowest BCUT2D eigenvalue weighted by molar-refractivity contribution is -0.108. The number of hydrogen-bond donors (Lipinski definition) is 1. The summed E-state index contributed by atoms with van der Waals surface area (Å²) in [6.45, 7) is 0.791. The fourth-order valence-electron chi connectivity index (χ4n) is 7.06. The quantitative estimate of drug-likeness (QED) is 0.142. The minimum Gasteiger partial charge on any atom is -0.489 e. The highest BCUT2D eigenvalue weighted by molar-refractivity contribution is 5.99. The third-order valence-corrected chi connectivity index (χ3v) is 9.81. The predicted molar refractivity (Wildman–Crippen MR) is 199 cm³/mol. The lowest BCUT2D eigenvalue weighted by Crippen LogP contribution is -2.45. The van der Waals surface area contributed by atoms with Crippen molar-refractivity contribution in [1.82, 2.24) is 40.7 Å². The first-order valence-electron chi connectivity index (χ1n) is 17.4. The van der Waals surface area contributed by atoms with Gasteiger partial charge in [-0.25, -0.2) is 14.1 Å². The normalized spacial score (nSPS) is 12.9. The van der Waals surface area contributed by atoms with Crippen molar-refractivity contribution < 1.29 is 28.4 Å². The Balaban J connectivity index is 1.02. The van der Waals surface area contributed by atoms with Crippen LogP contribution in [0.2, 0.25) is 0 Å². The average molecular weight is 731 g/mol. The van der Waals surface area contributed by atoms with Crippen LogP contribution in [0.25, 0.3) is 44.1 Å². The molecule has 14 heteroatoms. The summed E-state index contributed by atoms with van der Waals surface area (Å²) >= 11 is 0. The molecule has 14 nitrogen and oxygen atoms in total. The topological polar surface area (TPSA) is 170 Å². The minimum atomic E-state index is -0.680. The van der Waals surface area contributed by atoms with Crippen LogP contribution in [0.3, 0.4) is 0 Å². The number of nitrogens with one attached hydrogen (secondary N) is 1. The molecule has 4 amide bonds. The molecule has 0 saturated heterocycles. The number of fused-ring (bicyclic) bond motifs is 4. The maximum Gasteiger partial charge on any atom is 0.324 e. The molecular weight excluding hydrogens is 701 g/mol. The Morgan fingerprint density at radius 2 is 1.55 bits per heavy atom. The number of hydrogen-bond acceptors (Lipinski definition) is 11. The van der Waals surface area contributed by atoms with Crippen LogP contribution in [0.5, 0.6) is 5.75 Å². The van der Waals surface area contributed by atoms with E-state index in [1.807, 2.05) is 91.0 Å². The average Bonchev–Trinajstić information content (AvgIpc) is 3.97. The minimum absolute atomic E-state index is 0.0886. The molecule has 270 valence electrons. The Morgan fingerprint density at radius 1 is 0.818 bits per heavy atom. The summed E-state index contributed by atoms with van der Waals surface area (Å²) in [5.74, 6) is 0.331. The number of urea groups is 1. The molecule has 0 saturated carbocycles. The Hall–Kier alpha value is -7.48. The van der Waals surface area contributed by atoms with Crippen LogP contribution in [0.4, 0.5) is 4.79 Å². The number of rotatable bonds is 11. The second-order valence-corrected chi connectivity index (χ2v) is 13.2. The van der Waals surface area contributed by atoms with Crippen LogP contribution in [0, 0.1) is 0 Å². The van der Waals surface area contributed by atoms with E-state index in [0.29, 0.717) is 46.3 Å². The summed E-state index contributed by atoms with van der Waals surface area (Å²) in [5.41, 5.74) is 8.85. The smallest absolute Gasteiger partial charge is 0.324 e. The zero-order chi connectivity index (χ0) is 37.3. The Kier molecular flexibility index (Phi) is 8.59. The van der Waals surface area contributed by atoms with Crippen molar-refractivity contribution in [2.24, 2.45) is 0 Å². The molecule has 5 aromatic carbocycles. The number of ether oxygens (including phenoxy) is 1. The third kappa shape index (κ3) is 6.56. The summed E-state index contributed by atoms with van der Waals surface area (Å²) < 4.78 is 15.8. The molecule has 1 aliphatic rings. The van der Waals surface area contributed by atoms with E-state index in [1.165, 1.54) is 0 Å². The van der Waals surface area contributed by atoms with Crippen LogP contribution in [-0.4, -0.2) is 60.3 Å². The van der Waals surface area contributed by atoms with E-state index < -0.39 is 12.1 Å². The SMILES string of the molecule is O=CNC(=O)N(Cc1ccc2nonc2c1)[C@@H](CN1Cc2ccc(OCc3ccc4nonc4c3)cc2C1=O)c1ccc(-c2cccc3cccnc23)cc1. The van der Waals surface area contributed by atoms with E-state index in [0.717, 1.165) is 44.3 Å². The van der Waals surface area contributed by atoms with Gasteiger partial charge in [0.15, 0.2) is 0 Å². The molecule has 0 unspecified atom stereocenters. The first-order valence-corrected chi connectivity index (χ1v) is 17.4. The van der Waals surface area contributed by atoms with Gasteiger partial charge in [0.2, 0.25) is 6.41 Å². The number of pyridine rings is 1. The lowest BCUT2D eigenvalue weighted by atomic mass is 9.97. The second-order valence-electron chi connectivity index (χ2n) is 13.2. The van der Waals surface area contributed by atoms with E-state index in [2.05, 4.69) is 30.9 Å². The van der Waals surface area contributed by atoms with Crippen molar-refractivity contribution in [3.63, 3.8) is 0 Å². The summed E-state index contributed by atoms with van der Waals surface area (Å²) in [4.78, 5) is 47.4. The standard InChI is InChI=1S/C41H30N8O6/c50-24-43-41(52)49(20-25-6-14-34-36(17-25)46-54-44-34)38(28-10-8-27(9-11-28)32-5-1-3-29-4-2-16-42-39(29)32)22-48-21-30-12-13-31(19-33(30)40(48)51)53-23-26-7-15-35-37(18-26)47-55-45-35/h1-19,24,38H,20-23H2,(H,43,50,52)/t38-/m0/s1. The molecule has 1 atom stereocenters. The van der Waals surface area contributed by atoms with Gasteiger partial charge in [-0.3, -0.25) is 19.9 Å². The highest BCUT2D eigenvalue weighted by Crippen LogP contribution is 2.34. The van der Waals surface area contributed by atoms with E-state index in [9.17, 15) is 14.4 Å². The van der Waals surface area contributed by atoms with Gasteiger partial charge in [-0.2, -0.15) is 0 Å². The van der Waals surface area contributed by atoms with Crippen LogP contribution < -0.4 is 10.1 Å². The number of carbonyl (C=O) groups is 3. The van der Waals surface area contributed by atoms with Crippen LogP contribution in [0.1, 0.15) is 38.7 Å². The number of benzene rings is 5. The van der Waals surface area contributed by atoms with E-state index >= 15 is 0 Å². The Bertz CT molecular complexity index is 2720. The fourth-order valence-corrected chi connectivity index (χ4v) is 7.06. The monoisotopic (exact) mass is 730 g/mol. The number of imide groups is 1. The highest BCUT2D eigenvalue weighted by atomic mass is 16.6. The van der Waals surface area contributed by atoms with Gasteiger partial charge < -0.3 is 14.5 Å². The van der Waals surface area contributed by atoms with E-state index in [-0.39, 0.29) is 25.6 Å². The van der Waals surface area contributed by atoms with Gasteiger partial charge in [0.05, 0.1) is 11.6 Å². The van der Waals surface area contributed by atoms with Crippen molar-refractivity contribution in [3.05, 3.63) is 143 Å². The molecule has 0 aliphatic carbocycles. The summed E-state index contributed by atoms with van der Waals surface area (Å²) in [5, 5.41) is 18.9. The van der Waals surface area contributed by atoms with Gasteiger partial charge in [0, 0.05) is 42.3 Å². The molecular formula is C41H30N8O6. The maximum absolute atomic E-state index is 14.1. The molecule has 3 aromatic heterocycles. The van der Waals surface area contributed by atoms with Gasteiger partial charge in [-0.15, -0.1) is 0 Å². The molecule has 0 spiro atoms. The van der Waals surface area contributed by atoms with E-state index in [1.54, 1.807) is 34.2 Å². The van der Waals surface area contributed by atoms with Crippen LogP contribution >= 0.6 is 0 Å². The summed E-state index contributed by atoms with van der Waals surface area (Å²) in [6, 6.07) is 32.8. The number of aromatic nitrogens is 5. The van der Waals surface area contributed by atoms with Gasteiger partial charge in [0.25, 0.3) is 5.91 Å². The van der Waals surface area contributed by atoms with Crippen molar-refractivity contribution in [3.8, 4) is 16.9 Å². The first-order chi connectivity index (χ1) is 27.0. The van der Waals surface area contributed by atoms with Crippen LogP contribution in [-0.2, 0) is 24.5 Å². The van der Waals surface area contributed by atoms with E-state index in [4.69, 9.17) is 14.0 Å². The predicted octanol–water partition coefficient (Wildman–Crippen LogP) is 6.62. The number of nitrogens with zero attached hydrogens (tertiary/aromatic N) is 7. The zero-order valence-electron chi connectivity index (χ0n) is 29.0. The Morgan fingerprint density at radius 3 is 2.33 bits per heavy atom. The zero-order valence-corrected chi connectivity index (χ0v) is 29.0. The number of carbonyl (C=O) groups excluding carboxylic acids is 3. The largest absolute Gasteiger partial charge is 0.489 e. The molecule has 55 heavy (non-hydrogen) atoms. The fraction of sp³-hybridized carbons (Fsp3) is 0.122. The van der Waals surface area contributed by atoms with Gasteiger partial charge in [-0.05, 0) is 90.9 Å². The van der Waals surface area contributed by atoms with Crippen molar-refractivity contribution in [2.45, 2.75) is 25.7 Å².